The lowest BCUT2D eigenvalue weighted by molar-refractivity contribution is -0.119. The second kappa shape index (κ2) is 5.32. The second-order valence-corrected chi connectivity index (χ2v) is 6.00. The molecule has 0 saturated heterocycles. The summed E-state index contributed by atoms with van der Waals surface area (Å²) in [6, 6.07) is 4.21. The van der Waals surface area contributed by atoms with E-state index in [2.05, 4.69) is 0 Å². The summed E-state index contributed by atoms with van der Waals surface area (Å²) in [6.45, 7) is 3.31. The van der Waals surface area contributed by atoms with Gasteiger partial charge in [-0.1, -0.05) is 26.0 Å². The van der Waals surface area contributed by atoms with E-state index in [4.69, 9.17) is 0 Å². The molecule has 0 spiro atoms. The Bertz CT molecular complexity index is 559. The lowest BCUT2D eigenvalue weighted by Crippen LogP contribution is -2.23. The highest BCUT2D eigenvalue weighted by Crippen LogP contribution is 2.31. The topological polar surface area (TPSA) is 51.2 Å². The van der Waals surface area contributed by atoms with E-state index in [9.17, 15) is 26.4 Å². The van der Waals surface area contributed by atoms with Gasteiger partial charge < -0.3 is 0 Å². The third-order valence-electron chi connectivity index (χ3n) is 2.83. The van der Waals surface area contributed by atoms with Gasteiger partial charge in [-0.25, -0.2) is 8.42 Å². The van der Waals surface area contributed by atoms with Crippen LogP contribution in [0.5, 0.6) is 0 Å². The molecule has 106 valence electrons. The van der Waals surface area contributed by atoms with Crippen LogP contribution in [0.25, 0.3) is 0 Å². The molecule has 3 nitrogen and oxygen atoms in total. The number of carbonyl (C=O) groups is 1. The van der Waals surface area contributed by atoms with Gasteiger partial charge in [-0.3, -0.25) is 4.79 Å². The number of hydrogen-bond donors (Lipinski definition) is 0. The molecular formula is C12H13F3O3S. The Morgan fingerprint density at radius 3 is 2.05 bits per heavy atom. The number of Topliss-reactive ketones (excluding diaryl/α,β-unsaturated/α-hetero) is 1. The van der Waals surface area contributed by atoms with Crippen LogP contribution in [0.2, 0.25) is 0 Å². The molecule has 1 aromatic rings. The van der Waals surface area contributed by atoms with Crippen LogP contribution in [0.3, 0.4) is 0 Å². The number of halogens is 3. The van der Waals surface area contributed by atoms with Gasteiger partial charge in [-0.15, -0.1) is 0 Å². The predicted octanol–water partition coefficient (Wildman–Crippen LogP) is 3.06. The minimum absolute atomic E-state index is 0.0635. The first kappa shape index (κ1) is 15.7. The molecule has 19 heavy (non-hydrogen) atoms. The van der Waals surface area contributed by atoms with Crippen LogP contribution in [0.15, 0.2) is 29.2 Å². The maximum atomic E-state index is 12.3. The fourth-order valence-corrected chi connectivity index (χ4v) is 2.32. The quantitative estimate of drug-likeness (QED) is 0.857. The van der Waals surface area contributed by atoms with Crippen molar-refractivity contribution in [2.75, 3.05) is 0 Å². The van der Waals surface area contributed by atoms with Crippen molar-refractivity contribution in [2.45, 2.75) is 36.6 Å². The van der Waals surface area contributed by atoms with Crippen molar-refractivity contribution in [1.82, 2.24) is 0 Å². The van der Waals surface area contributed by atoms with E-state index in [0.717, 1.165) is 12.1 Å². The molecule has 0 aliphatic heterocycles. The highest BCUT2D eigenvalue weighted by atomic mass is 32.2. The molecule has 7 heteroatoms. The minimum Gasteiger partial charge on any atom is -0.299 e. The molecule has 0 fully saturated rings. The molecule has 1 atom stereocenters. The largest absolute Gasteiger partial charge is 0.501 e. The minimum atomic E-state index is -5.33. The standard InChI is InChI=1S/C12H13F3O3S/c1-3-11(16)8(2)9-4-6-10(7-5-9)19(17,18)12(13,14)15/h4-8H,3H2,1-2H3. The van der Waals surface area contributed by atoms with Crippen LogP contribution in [-0.4, -0.2) is 19.7 Å². The second-order valence-electron chi connectivity index (χ2n) is 4.06. The van der Waals surface area contributed by atoms with Crippen LogP contribution in [0.4, 0.5) is 13.2 Å². The van der Waals surface area contributed by atoms with Crippen molar-refractivity contribution in [3.05, 3.63) is 29.8 Å². The predicted molar refractivity (Wildman–Crippen MR) is 63.4 cm³/mol. The summed E-state index contributed by atoms with van der Waals surface area (Å²) in [5, 5.41) is 0. The summed E-state index contributed by atoms with van der Waals surface area (Å²) in [7, 11) is -5.33. The maximum absolute atomic E-state index is 12.3. The van der Waals surface area contributed by atoms with Crippen molar-refractivity contribution >= 4 is 15.6 Å². The zero-order chi connectivity index (χ0) is 14.8. The van der Waals surface area contributed by atoms with Crippen LogP contribution in [-0.2, 0) is 14.6 Å². The molecule has 0 amide bonds. The van der Waals surface area contributed by atoms with E-state index in [-0.39, 0.29) is 5.78 Å². The summed E-state index contributed by atoms with van der Waals surface area (Å²) in [5.41, 5.74) is -4.83. The van der Waals surface area contributed by atoms with Crippen molar-refractivity contribution in [2.24, 2.45) is 0 Å². The lowest BCUT2D eigenvalue weighted by atomic mass is 9.95. The lowest BCUT2D eigenvalue weighted by Gasteiger charge is -2.11. The average Bonchev–Trinajstić information content (AvgIpc) is 2.35. The van der Waals surface area contributed by atoms with E-state index in [0.29, 0.717) is 12.0 Å². The first-order chi connectivity index (χ1) is 8.61. The summed E-state index contributed by atoms with van der Waals surface area (Å²) in [6.07, 6.45) is 0.309. The Morgan fingerprint density at radius 1 is 1.21 bits per heavy atom. The van der Waals surface area contributed by atoms with Crippen molar-refractivity contribution in [3.63, 3.8) is 0 Å². The molecule has 0 radical (unpaired) electrons. The molecule has 0 heterocycles. The number of benzene rings is 1. The molecule has 1 rings (SSSR count). The number of hydrogen-bond acceptors (Lipinski definition) is 3. The number of sulfone groups is 1. The van der Waals surface area contributed by atoms with E-state index < -0.39 is 26.2 Å². The average molecular weight is 294 g/mol. The van der Waals surface area contributed by atoms with E-state index in [1.165, 1.54) is 12.1 Å². The van der Waals surface area contributed by atoms with Crippen molar-refractivity contribution < 1.29 is 26.4 Å². The Morgan fingerprint density at radius 2 is 1.68 bits per heavy atom. The van der Waals surface area contributed by atoms with Gasteiger partial charge in [-0.05, 0) is 17.7 Å². The van der Waals surface area contributed by atoms with Gasteiger partial charge in [-0.2, -0.15) is 13.2 Å². The van der Waals surface area contributed by atoms with Gasteiger partial charge in [0.15, 0.2) is 0 Å². The van der Waals surface area contributed by atoms with Gasteiger partial charge in [0.05, 0.1) is 4.90 Å². The van der Waals surface area contributed by atoms with Crippen LogP contribution in [0.1, 0.15) is 31.7 Å². The summed E-state index contributed by atoms with van der Waals surface area (Å²) < 4.78 is 59.2. The van der Waals surface area contributed by atoms with Crippen LogP contribution >= 0.6 is 0 Å². The molecule has 0 aliphatic rings. The normalized spacial score (nSPS) is 14.2. The summed E-state index contributed by atoms with van der Waals surface area (Å²) in [5.74, 6) is -0.529. The first-order valence-corrected chi connectivity index (χ1v) is 7.03. The monoisotopic (exact) mass is 294 g/mol. The molecule has 0 saturated carbocycles. The van der Waals surface area contributed by atoms with Crippen molar-refractivity contribution in [3.8, 4) is 0 Å². The fourth-order valence-electron chi connectivity index (χ4n) is 1.56. The molecule has 1 unspecified atom stereocenters. The fraction of sp³-hybridized carbons (Fsp3) is 0.417. The van der Waals surface area contributed by atoms with Gasteiger partial charge in [0.25, 0.3) is 9.84 Å². The zero-order valence-corrected chi connectivity index (χ0v) is 11.2. The SMILES string of the molecule is CCC(=O)C(C)c1ccc(S(=O)(=O)C(F)(F)F)cc1. The summed E-state index contributed by atoms with van der Waals surface area (Å²) in [4.78, 5) is 10.6. The molecule has 0 N–H and O–H groups in total. The molecule has 0 bridgehead atoms. The zero-order valence-electron chi connectivity index (χ0n) is 10.4. The van der Waals surface area contributed by atoms with Gasteiger partial charge in [0.2, 0.25) is 0 Å². The van der Waals surface area contributed by atoms with E-state index in [1.807, 2.05) is 0 Å². The van der Waals surface area contributed by atoms with Crippen LogP contribution in [0, 0.1) is 0 Å². The Hall–Kier alpha value is -1.37. The third-order valence-corrected chi connectivity index (χ3v) is 4.33. The smallest absolute Gasteiger partial charge is 0.299 e. The molecule has 0 aromatic heterocycles. The maximum Gasteiger partial charge on any atom is 0.501 e. The highest BCUT2D eigenvalue weighted by molar-refractivity contribution is 7.92. The van der Waals surface area contributed by atoms with E-state index in [1.54, 1.807) is 13.8 Å². The number of ketones is 1. The Labute approximate surface area is 109 Å². The number of alkyl halides is 3. The molecule has 1 aromatic carbocycles. The number of carbonyl (C=O) groups excluding carboxylic acids is 1. The van der Waals surface area contributed by atoms with Gasteiger partial charge in [0.1, 0.15) is 5.78 Å². The van der Waals surface area contributed by atoms with Gasteiger partial charge >= 0.3 is 5.51 Å². The summed E-state index contributed by atoms with van der Waals surface area (Å²) >= 11 is 0. The van der Waals surface area contributed by atoms with E-state index >= 15 is 0 Å². The van der Waals surface area contributed by atoms with Crippen molar-refractivity contribution in [1.29, 1.82) is 0 Å². The molecule has 0 aliphatic carbocycles. The molecular weight excluding hydrogens is 281 g/mol. The Balaban J connectivity index is 3.11. The third kappa shape index (κ3) is 3.15. The van der Waals surface area contributed by atoms with Crippen LogP contribution < -0.4 is 0 Å². The Kier molecular flexibility index (Phi) is 4.39. The number of rotatable bonds is 4. The highest BCUT2D eigenvalue weighted by Gasteiger charge is 2.46. The first-order valence-electron chi connectivity index (χ1n) is 5.55. The van der Waals surface area contributed by atoms with Gasteiger partial charge in [0, 0.05) is 12.3 Å².